The fourth-order valence-corrected chi connectivity index (χ4v) is 4.34. The maximum atomic E-state index is 12.9. The zero-order valence-corrected chi connectivity index (χ0v) is 18.2. The van der Waals surface area contributed by atoms with Gasteiger partial charge in [0.2, 0.25) is 10.0 Å². The zero-order chi connectivity index (χ0) is 20.9. The summed E-state index contributed by atoms with van der Waals surface area (Å²) in [4.78, 5) is 13.1. The monoisotopic (exact) mass is 469 g/mol. The normalized spacial score (nSPS) is 11.7. The van der Waals surface area contributed by atoms with Gasteiger partial charge < -0.3 is 0 Å². The number of aryl methyl sites for hydroxylation is 1. The third-order valence-electron chi connectivity index (χ3n) is 4.33. The van der Waals surface area contributed by atoms with E-state index in [0.717, 1.165) is 5.56 Å². The maximum absolute atomic E-state index is 12.9. The predicted molar refractivity (Wildman–Crippen MR) is 119 cm³/mol. The molecule has 0 bridgehead atoms. The highest BCUT2D eigenvalue weighted by Gasteiger charge is 2.16. The Balaban J connectivity index is 1.77. The van der Waals surface area contributed by atoms with Gasteiger partial charge in [-0.2, -0.15) is 0 Å². The predicted octanol–water partition coefficient (Wildman–Crippen LogP) is 4.98. The highest BCUT2D eigenvalue weighted by Crippen LogP contribution is 2.25. The fraction of sp³-hybridized carbons (Fsp3) is 0.0870. The van der Waals surface area contributed by atoms with E-state index in [0.29, 0.717) is 21.2 Å². The second-order valence-corrected chi connectivity index (χ2v) is 9.09. The van der Waals surface area contributed by atoms with Gasteiger partial charge >= 0.3 is 0 Å². The summed E-state index contributed by atoms with van der Waals surface area (Å²) < 4.78 is 28.0. The van der Waals surface area contributed by atoms with Gasteiger partial charge in [0, 0.05) is 22.1 Å². The zero-order valence-electron chi connectivity index (χ0n) is 15.8. The van der Waals surface area contributed by atoms with Crippen LogP contribution < -0.4 is 4.72 Å². The van der Waals surface area contributed by atoms with Gasteiger partial charge in [-0.1, -0.05) is 88.2 Å². The largest absolute Gasteiger partial charge is 0.289 e. The van der Waals surface area contributed by atoms with Crippen LogP contribution in [-0.2, 0) is 10.0 Å². The molecule has 0 heterocycles. The summed E-state index contributed by atoms with van der Waals surface area (Å²) in [6.45, 7) is 2.01. The number of sulfonamides is 1. The standard InChI is InChI=1S/C23H20BrNO3S/c1-17-12-14-20(15-13-17)29(27,28)25-16-6-10-18-9-5-11-21(24)22(18)23(26)19-7-3-2-4-8-19/h2-15,25H,16H2,1H3. The van der Waals surface area contributed by atoms with E-state index in [1.807, 2.05) is 43.3 Å². The Labute approximate surface area is 179 Å². The van der Waals surface area contributed by atoms with Crippen LogP contribution in [0.3, 0.4) is 0 Å². The topological polar surface area (TPSA) is 63.2 Å². The van der Waals surface area contributed by atoms with E-state index in [1.54, 1.807) is 48.6 Å². The molecule has 3 aromatic carbocycles. The van der Waals surface area contributed by atoms with Gasteiger partial charge in [0.25, 0.3) is 0 Å². The molecule has 0 aliphatic rings. The highest BCUT2D eigenvalue weighted by atomic mass is 79.9. The number of ketones is 1. The lowest BCUT2D eigenvalue weighted by Gasteiger charge is -2.08. The van der Waals surface area contributed by atoms with Crippen molar-refractivity contribution in [3.05, 3.63) is 106 Å². The molecule has 0 spiro atoms. The van der Waals surface area contributed by atoms with Crippen molar-refractivity contribution in [3.63, 3.8) is 0 Å². The van der Waals surface area contributed by atoms with Crippen molar-refractivity contribution >= 4 is 37.8 Å². The van der Waals surface area contributed by atoms with Gasteiger partial charge in [0.1, 0.15) is 0 Å². The van der Waals surface area contributed by atoms with Gasteiger partial charge in [-0.05, 0) is 30.7 Å². The molecule has 0 saturated heterocycles. The van der Waals surface area contributed by atoms with Crippen molar-refractivity contribution in [3.8, 4) is 0 Å². The van der Waals surface area contributed by atoms with Crippen molar-refractivity contribution in [1.29, 1.82) is 0 Å². The number of benzene rings is 3. The quantitative estimate of drug-likeness (QED) is 0.496. The number of carbonyl (C=O) groups is 1. The molecule has 6 heteroatoms. The van der Waals surface area contributed by atoms with Gasteiger partial charge in [0.15, 0.2) is 5.78 Å². The first kappa shape index (κ1) is 21.2. The Bertz CT molecular complexity index is 1140. The number of hydrogen-bond donors (Lipinski definition) is 1. The van der Waals surface area contributed by atoms with Gasteiger partial charge in [0.05, 0.1) is 4.90 Å². The summed E-state index contributed by atoms with van der Waals surface area (Å²) >= 11 is 3.46. The summed E-state index contributed by atoms with van der Waals surface area (Å²) in [6.07, 6.45) is 3.44. The summed E-state index contributed by atoms with van der Waals surface area (Å²) in [5.41, 5.74) is 2.84. The first-order valence-corrected chi connectivity index (χ1v) is 11.3. The molecule has 0 aromatic heterocycles. The molecule has 3 aromatic rings. The third kappa shape index (κ3) is 5.29. The molecule has 3 rings (SSSR count). The molecule has 0 unspecified atom stereocenters. The van der Waals surface area contributed by atoms with Crippen molar-refractivity contribution < 1.29 is 13.2 Å². The average Bonchev–Trinajstić information content (AvgIpc) is 2.72. The molecule has 0 saturated carbocycles. The van der Waals surface area contributed by atoms with E-state index >= 15 is 0 Å². The Morgan fingerprint density at radius 1 is 0.966 bits per heavy atom. The minimum Gasteiger partial charge on any atom is -0.289 e. The third-order valence-corrected chi connectivity index (χ3v) is 6.43. The Morgan fingerprint density at radius 3 is 2.34 bits per heavy atom. The smallest absolute Gasteiger partial charge is 0.240 e. The highest BCUT2D eigenvalue weighted by molar-refractivity contribution is 9.10. The van der Waals surface area contributed by atoms with E-state index in [-0.39, 0.29) is 17.2 Å². The molecule has 0 radical (unpaired) electrons. The van der Waals surface area contributed by atoms with Crippen LogP contribution >= 0.6 is 15.9 Å². The Hall–Kier alpha value is -2.54. The van der Waals surface area contributed by atoms with Crippen LogP contribution in [0.15, 0.2) is 88.2 Å². The number of hydrogen-bond acceptors (Lipinski definition) is 3. The molecule has 0 amide bonds. The summed E-state index contributed by atoms with van der Waals surface area (Å²) in [5.74, 6) is -0.0991. The molecule has 0 fully saturated rings. The molecule has 0 atom stereocenters. The van der Waals surface area contributed by atoms with E-state index in [2.05, 4.69) is 20.7 Å². The second-order valence-electron chi connectivity index (χ2n) is 6.47. The maximum Gasteiger partial charge on any atom is 0.240 e. The van der Waals surface area contributed by atoms with Crippen LogP contribution in [0.25, 0.3) is 6.08 Å². The average molecular weight is 470 g/mol. The lowest BCUT2D eigenvalue weighted by molar-refractivity contribution is 0.103. The molecule has 4 nitrogen and oxygen atoms in total. The number of carbonyl (C=O) groups excluding carboxylic acids is 1. The van der Waals surface area contributed by atoms with Crippen LogP contribution in [0.1, 0.15) is 27.0 Å². The van der Waals surface area contributed by atoms with E-state index < -0.39 is 10.0 Å². The van der Waals surface area contributed by atoms with Crippen LogP contribution in [0.5, 0.6) is 0 Å². The van der Waals surface area contributed by atoms with Crippen LogP contribution in [0, 0.1) is 6.92 Å². The van der Waals surface area contributed by atoms with Crippen LogP contribution in [0.4, 0.5) is 0 Å². The van der Waals surface area contributed by atoms with Crippen molar-refractivity contribution in [2.75, 3.05) is 6.54 Å². The van der Waals surface area contributed by atoms with Crippen molar-refractivity contribution in [1.82, 2.24) is 4.72 Å². The molecule has 0 aliphatic heterocycles. The lowest BCUT2D eigenvalue weighted by atomic mass is 9.98. The molecule has 29 heavy (non-hydrogen) atoms. The number of halogens is 1. The molecule has 148 valence electrons. The lowest BCUT2D eigenvalue weighted by Crippen LogP contribution is -2.23. The number of rotatable bonds is 7. The van der Waals surface area contributed by atoms with E-state index in [1.165, 1.54) is 0 Å². The molecular weight excluding hydrogens is 450 g/mol. The Morgan fingerprint density at radius 2 is 1.66 bits per heavy atom. The van der Waals surface area contributed by atoms with Gasteiger partial charge in [-0.25, -0.2) is 13.1 Å². The van der Waals surface area contributed by atoms with Gasteiger partial charge in [-0.15, -0.1) is 0 Å². The summed E-state index contributed by atoms with van der Waals surface area (Å²) in [5, 5.41) is 0. The first-order valence-electron chi connectivity index (χ1n) is 8.99. The molecule has 0 aliphatic carbocycles. The SMILES string of the molecule is Cc1ccc(S(=O)(=O)NCC=Cc2cccc(Br)c2C(=O)c2ccccc2)cc1. The first-order chi connectivity index (χ1) is 13.9. The van der Waals surface area contributed by atoms with Crippen molar-refractivity contribution in [2.24, 2.45) is 0 Å². The van der Waals surface area contributed by atoms with Crippen LogP contribution in [-0.4, -0.2) is 20.7 Å². The van der Waals surface area contributed by atoms with Gasteiger partial charge in [-0.3, -0.25) is 4.79 Å². The van der Waals surface area contributed by atoms with Crippen LogP contribution in [0.2, 0.25) is 0 Å². The van der Waals surface area contributed by atoms with E-state index in [9.17, 15) is 13.2 Å². The summed E-state index contributed by atoms with van der Waals surface area (Å²) in [7, 11) is -3.59. The van der Waals surface area contributed by atoms with E-state index in [4.69, 9.17) is 0 Å². The number of nitrogens with one attached hydrogen (secondary N) is 1. The molecular formula is C23H20BrNO3S. The van der Waals surface area contributed by atoms with Crippen molar-refractivity contribution in [2.45, 2.75) is 11.8 Å². The minimum atomic E-state index is -3.59. The second kappa shape index (κ2) is 9.31. The Kier molecular flexibility index (Phi) is 6.79. The minimum absolute atomic E-state index is 0.0991. The molecule has 1 N–H and O–H groups in total. The fourth-order valence-electron chi connectivity index (χ4n) is 2.80. The summed E-state index contributed by atoms with van der Waals surface area (Å²) in [6, 6.07) is 21.2.